The van der Waals surface area contributed by atoms with E-state index in [0.717, 1.165) is 57.1 Å². The van der Waals surface area contributed by atoms with Gasteiger partial charge < -0.3 is 15.0 Å². The lowest BCUT2D eigenvalue weighted by Gasteiger charge is -2.53. The Morgan fingerprint density at radius 2 is 1.96 bits per heavy atom. The van der Waals surface area contributed by atoms with Crippen molar-refractivity contribution in [1.29, 1.82) is 0 Å². The first-order valence-electron chi connectivity index (χ1n) is 10.8. The maximum atomic E-state index is 13.4. The van der Waals surface area contributed by atoms with Gasteiger partial charge in [-0.1, -0.05) is 50.8 Å². The number of fused-ring (bicyclic) bond motifs is 1. The first kappa shape index (κ1) is 20.8. The van der Waals surface area contributed by atoms with Crippen molar-refractivity contribution in [1.82, 2.24) is 10.2 Å². The molecule has 1 fully saturated rings. The Bertz CT molecular complexity index is 682. The second kappa shape index (κ2) is 9.55. The van der Waals surface area contributed by atoms with Crippen molar-refractivity contribution >= 4 is 11.8 Å². The van der Waals surface area contributed by atoms with Gasteiger partial charge >= 0.3 is 0 Å². The fourth-order valence-corrected chi connectivity index (χ4v) is 5.01. The van der Waals surface area contributed by atoms with E-state index in [9.17, 15) is 9.59 Å². The van der Waals surface area contributed by atoms with Crippen LogP contribution < -0.4 is 5.32 Å². The minimum Gasteiger partial charge on any atom is -0.385 e. The summed E-state index contributed by atoms with van der Waals surface area (Å²) in [5.74, 6) is -0.130. The number of benzene rings is 1. The number of methoxy groups -OCH3 is 1. The van der Waals surface area contributed by atoms with Gasteiger partial charge in [-0.2, -0.15) is 0 Å². The Morgan fingerprint density at radius 1 is 1.21 bits per heavy atom. The first-order chi connectivity index (χ1) is 13.7. The number of ether oxygens (including phenoxy) is 1. The molecule has 0 radical (unpaired) electrons. The van der Waals surface area contributed by atoms with Gasteiger partial charge in [0.15, 0.2) is 0 Å². The molecular formula is C23H34N2O3. The Balaban J connectivity index is 1.99. The zero-order valence-corrected chi connectivity index (χ0v) is 17.3. The van der Waals surface area contributed by atoms with Gasteiger partial charge in [-0.3, -0.25) is 9.59 Å². The van der Waals surface area contributed by atoms with Crippen molar-refractivity contribution in [2.45, 2.75) is 69.7 Å². The van der Waals surface area contributed by atoms with Gasteiger partial charge in [0.2, 0.25) is 5.91 Å². The normalized spacial score (nSPS) is 20.9. The average Bonchev–Trinajstić information content (AvgIpc) is 2.72. The summed E-state index contributed by atoms with van der Waals surface area (Å²) in [6.07, 6.45) is 7.95. The third-order valence-electron chi connectivity index (χ3n) is 6.36. The van der Waals surface area contributed by atoms with Crippen LogP contribution >= 0.6 is 0 Å². The second-order valence-electron chi connectivity index (χ2n) is 8.13. The largest absolute Gasteiger partial charge is 0.385 e. The molecule has 1 unspecified atom stereocenters. The number of nitrogens with zero attached hydrogens (tertiary/aromatic N) is 1. The number of carbonyl (C=O) groups excluding carboxylic acids is 2. The highest BCUT2D eigenvalue weighted by atomic mass is 16.5. The van der Waals surface area contributed by atoms with E-state index in [2.05, 4.69) is 17.1 Å². The summed E-state index contributed by atoms with van der Waals surface area (Å²) in [7, 11) is 1.67. The maximum Gasteiger partial charge on any atom is 0.254 e. The summed E-state index contributed by atoms with van der Waals surface area (Å²) in [6.45, 7) is 4.12. The monoisotopic (exact) mass is 386 g/mol. The molecule has 0 bridgehead atoms. The smallest absolute Gasteiger partial charge is 0.254 e. The third kappa shape index (κ3) is 3.95. The molecule has 0 aromatic heterocycles. The van der Waals surface area contributed by atoms with Gasteiger partial charge in [0, 0.05) is 32.4 Å². The molecule has 1 aromatic carbocycles. The number of unbranched alkanes of at least 4 members (excludes halogenated alkanes) is 1. The van der Waals surface area contributed by atoms with Gasteiger partial charge in [-0.25, -0.2) is 0 Å². The zero-order valence-electron chi connectivity index (χ0n) is 17.3. The molecule has 5 nitrogen and oxygen atoms in total. The Morgan fingerprint density at radius 3 is 2.68 bits per heavy atom. The summed E-state index contributed by atoms with van der Waals surface area (Å²) < 4.78 is 5.11. The minimum atomic E-state index is -0.385. The molecule has 154 valence electrons. The number of nitrogens with one attached hydrogen (secondary N) is 1. The van der Waals surface area contributed by atoms with Crippen molar-refractivity contribution in [3.8, 4) is 0 Å². The van der Waals surface area contributed by atoms with Crippen molar-refractivity contribution < 1.29 is 14.3 Å². The lowest BCUT2D eigenvalue weighted by atomic mass is 9.65. The molecule has 1 spiro atoms. The Hall–Kier alpha value is -1.88. The second-order valence-corrected chi connectivity index (χ2v) is 8.13. The van der Waals surface area contributed by atoms with Crippen LogP contribution in [0.2, 0.25) is 0 Å². The third-order valence-corrected chi connectivity index (χ3v) is 6.36. The van der Waals surface area contributed by atoms with Crippen LogP contribution in [0.1, 0.15) is 80.1 Å². The molecule has 1 atom stereocenters. The molecule has 2 aliphatic rings. The van der Waals surface area contributed by atoms with E-state index in [1.54, 1.807) is 7.11 Å². The fourth-order valence-electron chi connectivity index (χ4n) is 5.01. The van der Waals surface area contributed by atoms with E-state index in [-0.39, 0.29) is 23.3 Å². The first-order valence-corrected chi connectivity index (χ1v) is 10.8. The summed E-state index contributed by atoms with van der Waals surface area (Å²) in [5.41, 5.74) is 1.22. The van der Waals surface area contributed by atoms with Crippen LogP contribution in [-0.4, -0.2) is 49.1 Å². The number of hydrogen-bond donors (Lipinski definition) is 1. The highest BCUT2D eigenvalue weighted by Gasteiger charge is 2.54. The van der Waals surface area contributed by atoms with Gasteiger partial charge in [0.25, 0.3) is 5.91 Å². The van der Waals surface area contributed by atoms with Crippen LogP contribution in [0, 0.1) is 0 Å². The minimum absolute atomic E-state index is 0.0550. The lowest BCUT2D eigenvalue weighted by molar-refractivity contribution is -0.127. The molecule has 1 aliphatic carbocycles. The predicted octanol–water partition coefficient (Wildman–Crippen LogP) is 3.88. The quantitative estimate of drug-likeness (QED) is 0.690. The Kier molecular flexibility index (Phi) is 7.11. The van der Waals surface area contributed by atoms with Gasteiger partial charge in [0.05, 0.1) is 11.5 Å². The molecular weight excluding hydrogens is 352 g/mol. The van der Waals surface area contributed by atoms with Crippen molar-refractivity contribution in [2.24, 2.45) is 0 Å². The summed E-state index contributed by atoms with van der Waals surface area (Å²) >= 11 is 0. The van der Waals surface area contributed by atoms with Crippen molar-refractivity contribution in [3.05, 3.63) is 35.4 Å². The average molecular weight is 387 g/mol. The molecule has 5 heteroatoms. The van der Waals surface area contributed by atoms with Crippen LogP contribution in [0.4, 0.5) is 0 Å². The highest BCUT2D eigenvalue weighted by molar-refractivity contribution is 6.02. The van der Waals surface area contributed by atoms with Gasteiger partial charge in [-0.05, 0) is 37.3 Å². The van der Waals surface area contributed by atoms with E-state index in [4.69, 9.17) is 4.74 Å². The summed E-state index contributed by atoms with van der Waals surface area (Å²) in [6, 6.07) is 7.73. The molecule has 3 rings (SSSR count). The summed E-state index contributed by atoms with van der Waals surface area (Å²) in [4.78, 5) is 28.9. The van der Waals surface area contributed by atoms with Gasteiger partial charge in [0.1, 0.15) is 0 Å². The molecule has 0 saturated heterocycles. The van der Waals surface area contributed by atoms with Crippen LogP contribution in [0.3, 0.4) is 0 Å². The molecule has 28 heavy (non-hydrogen) atoms. The molecule has 1 aromatic rings. The fraction of sp³-hybridized carbons (Fsp3) is 0.652. The Labute approximate surface area is 168 Å². The number of amides is 2. The van der Waals surface area contributed by atoms with Crippen LogP contribution in [-0.2, 0) is 9.53 Å². The van der Waals surface area contributed by atoms with Crippen molar-refractivity contribution in [3.63, 3.8) is 0 Å². The molecule has 1 N–H and O–H groups in total. The molecule has 1 aliphatic heterocycles. The van der Waals surface area contributed by atoms with Crippen molar-refractivity contribution in [2.75, 3.05) is 26.8 Å². The zero-order chi connectivity index (χ0) is 20.0. The summed E-state index contributed by atoms with van der Waals surface area (Å²) in [5, 5.41) is 3.13. The number of hydrogen-bond acceptors (Lipinski definition) is 3. The highest BCUT2D eigenvalue weighted by Crippen LogP contribution is 2.49. The predicted molar refractivity (Wildman–Crippen MR) is 110 cm³/mol. The van der Waals surface area contributed by atoms with Gasteiger partial charge in [-0.15, -0.1) is 0 Å². The number of carbonyl (C=O) groups is 2. The molecule has 2 amide bonds. The van der Waals surface area contributed by atoms with E-state index >= 15 is 0 Å². The van der Waals surface area contributed by atoms with E-state index in [1.807, 2.05) is 24.3 Å². The molecule has 1 heterocycles. The maximum absolute atomic E-state index is 13.4. The van der Waals surface area contributed by atoms with E-state index in [1.165, 1.54) is 6.42 Å². The van der Waals surface area contributed by atoms with E-state index in [0.29, 0.717) is 18.7 Å². The topological polar surface area (TPSA) is 58.6 Å². The lowest BCUT2D eigenvalue weighted by Crippen LogP contribution is -2.62. The number of rotatable bonds is 8. The van der Waals surface area contributed by atoms with E-state index < -0.39 is 0 Å². The van der Waals surface area contributed by atoms with Crippen LogP contribution in [0.15, 0.2) is 24.3 Å². The SMILES string of the molecule is CCCCN1C(=O)c2ccccc2C(C(=O)NCCCOC)C12CCCCC2. The van der Waals surface area contributed by atoms with Crippen LogP contribution in [0.5, 0.6) is 0 Å². The standard InChI is InChI=1S/C23H34N2O3/c1-3-4-16-25-22(27)19-12-7-6-11-18(19)20(21(26)24-15-10-17-28-2)23(25)13-8-5-9-14-23/h6-7,11-12,20H,3-5,8-10,13-17H2,1-2H3,(H,24,26). The van der Waals surface area contributed by atoms with Crippen LogP contribution in [0.25, 0.3) is 0 Å². The molecule has 1 saturated carbocycles.